The zero-order valence-corrected chi connectivity index (χ0v) is 21.2. The molecule has 0 saturated carbocycles. The Hall–Kier alpha value is -2.68. The average molecular weight is 517 g/mol. The highest BCUT2D eigenvalue weighted by Crippen LogP contribution is 2.38. The van der Waals surface area contributed by atoms with Crippen LogP contribution in [0, 0.1) is 28.4 Å². The molecule has 3 aliphatic rings. The second kappa shape index (κ2) is 10.00. The predicted octanol–water partition coefficient (Wildman–Crippen LogP) is 3.08. The van der Waals surface area contributed by atoms with Crippen molar-refractivity contribution in [1.82, 2.24) is 18.5 Å². The summed E-state index contributed by atoms with van der Waals surface area (Å²) in [5, 5.41) is 9.91. The largest absolute Gasteiger partial charge is 0.370 e. The summed E-state index contributed by atoms with van der Waals surface area (Å²) in [6.45, 7) is 6.44. The molecule has 0 aliphatic carbocycles. The number of amides is 1. The Bertz CT molecular complexity index is 1230. The summed E-state index contributed by atoms with van der Waals surface area (Å²) >= 11 is -1.19. The molecule has 36 heavy (non-hydrogen) atoms. The number of aromatic nitrogens is 1. The topological polar surface area (TPSA) is 83.8 Å². The van der Waals surface area contributed by atoms with Gasteiger partial charge in [-0.15, -0.1) is 0 Å². The van der Waals surface area contributed by atoms with Gasteiger partial charge in [0, 0.05) is 70.0 Å². The Balaban J connectivity index is 1.42. The Morgan fingerprint density at radius 2 is 1.61 bits per heavy atom. The first-order chi connectivity index (χ1) is 17.3. The van der Waals surface area contributed by atoms with Crippen molar-refractivity contribution in [2.24, 2.45) is 5.41 Å². The van der Waals surface area contributed by atoms with Gasteiger partial charge in [0.15, 0.2) is 22.8 Å². The molecule has 3 aliphatic heterocycles. The van der Waals surface area contributed by atoms with Gasteiger partial charge in [-0.05, 0) is 38.7 Å². The molecule has 3 saturated heterocycles. The van der Waals surface area contributed by atoms with Crippen molar-refractivity contribution in [2.45, 2.75) is 32.6 Å². The molecular formula is C25H30F2N6O2S. The van der Waals surface area contributed by atoms with Crippen molar-refractivity contribution in [3.63, 3.8) is 0 Å². The number of pyridine rings is 1. The molecule has 4 heterocycles. The lowest BCUT2D eigenvalue weighted by Crippen LogP contribution is -2.51. The SMILES string of the molecule is CC1(C#N)CCN(c2c(C(=O)N3CCN(S(=O)N4CCCC4)CC3)cnc3cc(F)c(F)cc23)CC1. The van der Waals surface area contributed by atoms with Crippen molar-refractivity contribution in [2.75, 3.05) is 57.3 Å². The molecule has 1 aromatic heterocycles. The van der Waals surface area contributed by atoms with Crippen LogP contribution in [0.5, 0.6) is 0 Å². The molecule has 192 valence electrons. The van der Waals surface area contributed by atoms with E-state index in [0.29, 0.717) is 68.7 Å². The minimum Gasteiger partial charge on any atom is -0.370 e. The third-order valence-corrected chi connectivity index (χ3v) is 9.21. The Labute approximate surface area is 212 Å². The van der Waals surface area contributed by atoms with Crippen LogP contribution in [0.2, 0.25) is 0 Å². The van der Waals surface area contributed by atoms with Crippen LogP contribution in [0.15, 0.2) is 18.3 Å². The van der Waals surface area contributed by atoms with E-state index in [1.807, 2.05) is 20.4 Å². The number of piperazine rings is 1. The fraction of sp³-hybridized carbons (Fsp3) is 0.560. The molecule has 1 atom stereocenters. The van der Waals surface area contributed by atoms with E-state index in [1.54, 1.807) is 4.90 Å². The summed E-state index contributed by atoms with van der Waals surface area (Å²) in [7, 11) is 0. The highest BCUT2D eigenvalue weighted by Gasteiger charge is 2.34. The van der Waals surface area contributed by atoms with Gasteiger partial charge < -0.3 is 9.80 Å². The fourth-order valence-corrected chi connectivity index (χ4v) is 6.60. The predicted molar refractivity (Wildman–Crippen MR) is 133 cm³/mol. The van der Waals surface area contributed by atoms with Gasteiger partial charge in [0.1, 0.15) is 0 Å². The molecule has 0 bridgehead atoms. The van der Waals surface area contributed by atoms with Crippen LogP contribution in [0.3, 0.4) is 0 Å². The van der Waals surface area contributed by atoms with Crippen LogP contribution in [0.4, 0.5) is 14.5 Å². The van der Waals surface area contributed by atoms with Crippen molar-refractivity contribution >= 4 is 33.7 Å². The molecule has 0 spiro atoms. The van der Waals surface area contributed by atoms with Crippen LogP contribution in [-0.4, -0.2) is 81.0 Å². The van der Waals surface area contributed by atoms with E-state index in [-0.39, 0.29) is 11.4 Å². The number of carbonyl (C=O) groups is 1. The van der Waals surface area contributed by atoms with E-state index in [2.05, 4.69) is 11.1 Å². The van der Waals surface area contributed by atoms with Crippen molar-refractivity contribution in [1.29, 1.82) is 5.26 Å². The molecule has 8 nitrogen and oxygen atoms in total. The number of hydrogen-bond acceptors (Lipinski definition) is 5. The highest BCUT2D eigenvalue weighted by atomic mass is 32.2. The molecule has 1 unspecified atom stereocenters. The number of fused-ring (bicyclic) bond motifs is 1. The van der Waals surface area contributed by atoms with Gasteiger partial charge in [-0.25, -0.2) is 21.6 Å². The highest BCUT2D eigenvalue weighted by molar-refractivity contribution is 7.80. The van der Waals surface area contributed by atoms with Crippen molar-refractivity contribution < 1.29 is 17.8 Å². The van der Waals surface area contributed by atoms with E-state index < -0.39 is 28.2 Å². The maximum atomic E-state index is 14.3. The maximum Gasteiger partial charge on any atom is 0.257 e. The minimum atomic E-state index is -1.19. The van der Waals surface area contributed by atoms with E-state index in [1.165, 1.54) is 6.20 Å². The van der Waals surface area contributed by atoms with Gasteiger partial charge in [-0.2, -0.15) is 5.26 Å². The Kier molecular flexibility index (Phi) is 6.94. The standard InChI is InChI=1S/C25H30F2N6O2S/c1-25(17-28)4-8-30(9-5-25)23-18-14-20(26)21(27)15-22(18)29-16-19(23)24(34)31-10-12-33(13-11-31)36(35)32-6-2-3-7-32/h14-16H,2-13H2,1H3. The van der Waals surface area contributed by atoms with Gasteiger partial charge in [0.25, 0.3) is 5.91 Å². The third-order valence-electron chi connectivity index (χ3n) is 7.60. The van der Waals surface area contributed by atoms with Crippen LogP contribution in [0.1, 0.15) is 43.0 Å². The number of rotatable bonds is 4. The van der Waals surface area contributed by atoms with E-state index in [4.69, 9.17) is 0 Å². The zero-order chi connectivity index (χ0) is 25.4. The van der Waals surface area contributed by atoms with E-state index >= 15 is 0 Å². The summed E-state index contributed by atoms with van der Waals surface area (Å²) in [5.74, 6) is -2.21. The quantitative estimate of drug-likeness (QED) is 0.624. The minimum absolute atomic E-state index is 0.232. The summed E-state index contributed by atoms with van der Waals surface area (Å²) in [6, 6.07) is 4.54. The van der Waals surface area contributed by atoms with E-state index in [0.717, 1.165) is 38.1 Å². The molecule has 11 heteroatoms. The number of anilines is 1. The Morgan fingerprint density at radius 1 is 1.00 bits per heavy atom. The second-order valence-corrected chi connectivity index (χ2v) is 11.5. The van der Waals surface area contributed by atoms with Crippen molar-refractivity contribution in [3.8, 4) is 6.07 Å². The number of nitrogens with zero attached hydrogens (tertiary/aromatic N) is 6. The van der Waals surface area contributed by atoms with Crippen molar-refractivity contribution in [3.05, 3.63) is 35.5 Å². The zero-order valence-electron chi connectivity index (χ0n) is 20.4. The second-order valence-electron chi connectivity index (χ2n) is 10.1. The van der Waals surface area contributed by atoms with Gasteiger partial charge in [-0.3, -0.25) is 9.78 Å². The summed E-state index contributed by atoms with van der Waals surface area (Å²) in [4.78, 5) is 21.7. The molecule has 1 amide bonds. The van der Waals surface area contributed by atoms with Crippen LogP contribution < -0.4 is 4.90 Å². The third kappa shape index (κ3) is 4.69. The number of hydrogen-bond donors (Lipinski definition) is 0. The molecule has 1 aromatic carbocycles. The summed E-state index contributed by atoms with van der Waals surface area (Å²) in [5.41, 5.74) is 0.692. The molecule has 0 N–H and O–H groups in total. The number of benzene rings is 1. The number of carbonyl (C=O) groups excluding carboxylic acids is 1. The number of halogens is 2. The Morgan fingerprint density at radius 3 is 2.25 bits per heavy atom. The smallest absolute Gasteiger partial charge is 0.257 e. The van der Waals surface area contributed by atoms with Gasteiger partial charge in [0.2, 0.25) is 0 Å². The first-order valence-corrected chi connectivity index (χ1v) is 13.5. The molecule has 0 radical (unpaired) electrons. The summed E-state index contributed by atoms with van der Waals surface area (Å²) < 4.78 is 45.0. The number of nitriles is 1. The summed E-state index contributed by atoms with van der Waals surface area (Å²) in [6.07, 6.45) is 4.76. The van der Waals surface area contributed by atoms with Crippen LogP contribution in [0.25, 0.3) is 10.9 Å². The van der Waals surface area contributed by atoms with Crippen LogP contribution in [-0.2, 0) is 11.2 Å². The lowest BCUT2D eigenvalue weighted by molar-refractivity contribution is 0.0699. The molecule has 5 rings (SSSR count). The van der Waals surface area contributed by atoms with Gasteiger partial charge in [-0.1, -0.05) is 0 Å². The van der Waals surface area contributed by atoms with Gasteiger partial charge in [0.05, 0.1) is 28.3 Å². The fourth-order valence-electron chi connectivity index (χ4n) is 5.23. The first-order valence-electron chi connectivity index (χ1n) is 12.4. The molecular weight excluding hydrogens is 486 g/mol. The lowest BCUT2D eigenvalue weighted by Gasteiger charge is -2.39. The maximum absolute atomic E-state index is 14.3. The molecule has 3 fully saturated rings. The first kappa shape index (κ1) is 25.0. The molecule has 2 aromatic rings. The monoisotopic (exact) mass is 516 g/mol. The van der Waals surface area contributed by atoms with Crippen LogP contribution >= 0.6 is 0 Å². The van der Waals surface area contributed by atoms with E-state index in [9.17, 15) is 23.0 Å². The average Bonchev–Trinajstić information content (AvgIpc) is 3.44. The lowest BCUT2D eigenvalue weighted by atomic mass is 9.81. The van der Waals surface area contributed by atoms with Gasteiger partial charge >= 0.3 is 0 Å². The number of piperidine rings is 1. The normalized spacial score (nSPS) is 22.1.